The van der Waals surface area contributed by atoms with Crippen molar-refractivity contribution in [1.82, 2.24) is 0 Å². The van der Waals surface area contributed by atoms with Crippen LogP contribution in [-0.4, -0.2) is 46.2 Å². The quantitative estimate of drug-likeness (QED) is 0.270. The van der Waals surface area contributed by atoms with Gasteiger partial charge >= 0.3 is 0 Å². The Kier molecular flexibility index (Phi) is 10.7. The van der Waals surface area contributed by atoms with Gasteiger partial charge < -0.3 is 4.74 Å². The monoisotopic (exact) mass is 614 g/mol. The van der Waals surface area contributed by atoms with Crippen molar-refractivity contribution < 1.29 is 4.74 Å². The Morgan fingerprint density at radius 3 is 1.00 bits per heavy atom. The van der Waals surface area contributed by atoms with E-state index in [1.165, 1.54) is 116 Å². The number of ether oxygens (including phenoxy) is 1. The van der Waals surface area contributed by atoms with Gasteiger partial charge in [0, 0.05) is 11.3 Å². The third-order valence-electron chi connectivity index (χ3n) is 14.6. The maximum atomic E-state index is 8.01. The van der Waals surface area contributed by atoms with E-state index in [4.69, 9.17) is 4.74 Å². The Morgan fingerprint density at radius 2 is 0.690 bits per heavy atom. The first kappa shape index (κ1) is 31.4. The second kappa shape index (κ2) is 14.3. The van der Waals surface area contributed by atoms with Crippen LogP contribution in [0, 0.1) is 17.3 Å². The lowest BCUT2D eigenvalue weighted by molar-refractivity contribution is -0.196. The van der Waals surface area contributed by atoms with Crippen LogP contribution >= 0.6 is 15.8 Å². The summed E-state index contributed by atoms with van der Waals surface area (Å²) in [5.41, 5.74) is 6.65. The van der Waals surface area contributed by atoms with E-state index in [1.807, 2.05) is 0 Å². The molecule has 7 aliphatic rings. The zero-order chi connectivity index (χ0) is 28.5. The molecule has 1 nitrogen and oxygen atoms in total. The molecule has 1 saturated heterocycles. The van der Waals surface area contributed by atoms with Crippen molar-refractivity contribution >= 4 is 15.8 Å². The van der Waals surface area contributed by atoms with E-state index in [0.717, 1.165) is 45.8 Å². The molecule has 7 rings (SSSR count). The van der Waals surface area contributed by atoms with Gasteiger partial charge in [-0.25, -0.2) is 0 Å². The molecule has 3 heteroatoms. The van der Waals surface area contributed by atoms with E-state index in [0.29, 0.717) is 17.6 Å². The summed E-state index contributed by atoms with van der Waals surface area (Å²) in [7, 11) is 0.203. The molecule has 0 aromatic rings. The maximum absolute atomic E-state index is 8.01. The molecule has 0 aromatic carbocycles. The highest BCUT2D eigenvalue weighted by Gasteiger charge is 2.59. The third-order valence-corrected chi connectivity index (χ3v) is 22.6. The summed E-state index contributed by atoms with van der Waals surface area (Å²) in [6.07, 6.45) is 41.1. The number of rotatable bonds is 6. The molecule has 6 saturated carbocycles. The van der Waals surface area contributed by atoms with Crippen LogP contribution in [0.2, 0.25) is 0 Å². The molecule has 0 aromatic heterocycles. The molecular weight excluding hydrogens is 546 g/mol. The van der Waals surface area contributed by atoms with E-state index in [9.17, 15) is 0 Å². The minimum Gasteiger partial charge on any atom is -0.373 e. The highest BCUT2D eigenvalue weighted by molar-refractivity contribution is 7.60. The van der Waals surface area contributed by atoms with Crippen LogP contribution in [0.3, 0.4) is 0 Å². The second-order valence-electron chi connectivity index (χ2n) is 17.2. The summed E-state index contributed by atoms with van der Waals surface area (Å²) in [6, 6.07) is 0. The third kappa shape index (κ3) is 6.37. The summed E-state index contributed by atoms with van der Waals surface area (Å²) in [5.74, 6) is 1.67. The van der Waals surface area contributed by atoms with Crippen LogP contribution in [0.5, 0.6) is 0 Å². The lowest BCUT2D eigenvalue weighted by Crippen LogP contribution is -2.61. The van der Waals surface area contributed by atoms with Crippen molar-refractivity contribution in [3.63, 3.8) is 0 Å². The van der Waals surface area contributed by atoms with Crippen LogP contribution in [0.1, 0.15) is 181 Å². The van der Waals surface area contributed by atoms with E-state index >= 15 is 0 Å². The van der Waals surface area contributed by atoms with Crippen LogP contribution in [0.4, 0.5) is 0 Å². The summed E-state index contributed by atoms with van der Waals surface area (Å²) in [5, 5.41) is 0. The fourth-order valence-corrected chi connectivity index (χ4v) is 21.9. The molecule has 0 amide bonds. The SMILES string of the molecule is CC1(C)C2CCCC(P(C3CCCCC3)C3CCCCC3)C2OC2C(P(C3CCCCC3)C3CCCCC3)CCCC21. The molecule has 6 aliphatic carbocycles. The lowest BCUT2D eigenvalue weighted by Gasteiger charge is -2.62. The summed E-state index contributed by atoms with van der Waals surface area (Å²) in [6.45, 7) is 5.56. The molecule has 42 heavy (non-hydrogen) atoms. The zero-order valence-corrected chi connectivity index (χ0v) is 29.7. The first-order valence-corrected chi connectivity index (χ1v) is 22.9. The predicted molar refractivity (Wildman–Crippen MR) is 186 cm³/mol. The number of hydrogen-bond acceptors (Lipinski definition) is 1. The molecule has 0 spiro atoms. The summed E-state index contributed by atoms with van der Waals surface area (Å²) in [4.78, 5) is 0. The van der Waals surface area contributed by atoms with E-state index < -0.39 is 0 Å². The van der Waals surface area contributed by atoms with Gasteiger partial charge in [0.2, 0.25) is 0 Å². The fraction of sp³-hybridized carbons (Fsp3) is 1.00. The van der Waals surface area contributed by atoms with Crippen molar-refractivity contribution in [2.24, 2.45) is 17.3 Å². The zero-order valence-electron chi connectivity index (χ0n) is 28.0. The van der Waals surface area contributed by atoms with Crippen molar-refractivity contribution in [1.29, 1.82) is 0 Å². The molecule has 1 heterocycles. The topological polar surface area (TPSA) is 9.23 Å². The maximum Gasteiger partial charge on any atom is 0.0680 e. The average molecular weight is 615 g/mol. The number of fused-ring (bicyclic) bond motifs is 2. The Balaban J connectivity index is 1.21. The minimum absolute atomic E-state index is 0.102. The molecule has 6 unspecified atom stereocenters. The fourth-order valence-electron chi connectivity index (χ4n) is 12.5. The second-order valence-corrected chi connectivity index (χ2v) is 23.2. The van der Waals surface area contributed by atoms with Crippen LogP contribution in [-0.2, 0) is 4.74 Å². The largest absolute Gasteiger partial charge is 0.373 e. The highest BCUT2D eigenvalue weighted by atomic mass is 31.1. The Hall–Kier alpha value is 0.820. The molecular formula is C39H68OP2. The van der Waals surface area contributed by atoms with Crippen LogP contribution in [0.25, 0.3) is 0 Å². The lowest BCUT2D eigenvalue weighted by atomic mass is 9.57. The molecule has 0 N–H and O–H groups in total. The smallest absolute Gasteiger partial charge is 0.0680 e. The van der Waals surface area contributed by atoms with Crippen molar-refractivity contribution in [2.45, 2.75) is 227 Å². The Bertz CT molecular complexity index is 731. The van der Waals surface area contributed by atoms with Crippen LogP contribution in [0.15, 0.2) is 0 Å². The molecule has 0 radical (unpaired) electrons. The van der Waals surface area contributed by atoms with Crippen molar-refractivity contribution in [2.75, 3.05) is 0 Å². The van der Waals surface area contributed by atoms with Crippen molar-refractivity contribution in [3.8, 4) is 0 Å². The van der Waals surface area contributed by atoms with Gasteiger partial charge in [0.1, 0.15) is 0 Å². The standard InChI is InChI=1S/C39H68OP2/c1-39(2)33-25-15-27-35(41(29-17-7-3-8-18-29)30-19-9-4-10-20-30)37(33)40-38-34(39)26-16-28-36(38)42(31-21-11-5-12-22-31)32-23-13-6-14-24-32/h29-38H,3-28H2,1-2H3. The molecule has 6 atom stereocenters. The molecule has 0 bridgehead atoms. The van der Waals surface area contributed by atoms with Crippen molar-refractivity contribution in [3.05, 3.63) is 0 Å². The Morgan fingerprint density at radius 1 is 0.381 bits per heavy atom. The van der Waals surface area contributed by atoms with Gasteiger partial charge in [-0.1, -0.05) is 120 Å². The van der Waals surface area contributed by atoms with Gasteiger partial charge in [-0.2, -0.15) is 0 Å². The first-order valence-electron chi connectivity index (χ1n) is 19.8. The first-order chi connectivity index (χ1) is 20.6. The van der Waals surface area contributed by atoms with Gasteiger partial charge in [0.05, 0.1) is 12.2 Å². The Labute approximate surface area is 264 Å². The molecule has 1 aliphatic heterocycles. The highest BCUT2D eigenvalue weighted by Crippen LogP contribution is 2.69. The average Bonchev–Trinajstić information content (AvgIpc) is 3.04. The van der Waals surface area contributed by atoms with E-state index in [-0.39, 0.29) is 15.8 Å². The molecule has 7 fully saturated rings. The number of hydrogen-bond donors (Lipinski definition) is 0. The van der Waals surface area contributed by atoms with Gasteiger partial charge in [-0.15, -0.1) is 0 Å². The predicted octanol–water partition coefficient (Wildman–Crippen LogP) is 12.4. The van der Waals surface area contributed by atoms with Gasteiger partial charge in [-0.3, -0.25) is 0 Å². The van der Waals surface area contributed by atoms with Crippen LogP contribution < -0.4 is 0 Å². The van der Waals surface area contributed by atoms with Gasteiger partial charge in [0.15, 0.2) is 0 Å². The van der Waals surface area contributed by atoms with Gasteiger partial charge in [0.25, 0.3) is 0 Å². The van der Waals surface area contributed by atoms with Gasteiger partial charge in [-0.05, 0) is 117 Å². The normalized spacial score (nSPS) is 39.7. The van der Waals surface area contributed by atoms with E-state index in [1.54, 1.807) is 51.4 Å². The minimum atomic E-state index is 0.102. The molecule has 240 valence electrons. The summed E-state index contributed by atoms with van der Waals surface area (Å²) < 4.78 is 8.01. The summed E-state index contributed by atoms with van der Waals surface area (Å²) >= 11 is 0. The van der Waals surface area contributed by atoms with E-state index in [2.05, 4.69) is 13.8 Å².